The van der Waals surface area contributed by atoms with Crippen LogP contribution in [0.3, 0.4) is 0 Å². The van der Waals surface area contributed by atoms with E-state index in [9.17, 15) is 9.59 Å². The topological polar surface area (TPSA) is 90.4 Å². The highest BCUT2D eigenvalue weighted by Crippen LogP contribution is 2.28. The Balaban J connectivity index is 1.81. The van der Waals surface area contributed by atoms with Crippen molar-refractivity contribution in [1.82, 2.24) is 4.90 Å². The highest BCUT2D eigenvalue weighted by atomic mass is 32.2. The van der Waals surface area contributed by atoms with Gasteiger partial charge < -0.3 is 10.6 Å². The Kier molecular flexibility index (Phi) is 5.07. The standard InChI is InChI=1S/C17H20N4O2S/c18-10-12-3-5-13(6-4-12)20-7-1-2-14(17(20)23)21-8-9-24-11-15(21)16(19)22/h3-6,14-15H,1-2,7-9,11H2,(H2,19,22)/t14-,15-/m0/s1. The van der Waals surface area contributed by atoms with Crippen LogP contribution in [0.4, 0.5) is 5.69 Å². The Morgan fingerprint density at radius 1 is 1.29 bits per heavy atom. The average molecular weight is 344 g/mol. The fourth-order valence-corrected chi connectivity index (χ4v) is 4.46. The van der Waals surface area contributed by atoms with Gasteiger partial charge in [0.2, 0.25) is 11.8 Å². The van der Waals surface area contributed by atoms with Crippen LogP contribution in [0.25, 0.3) is 0 Å². The first-order valence-corrected chi connectivity index (χ1v) is 9.21. The number of anilines is 1. The molecule has 7 heteroatoms. The number of carbonyl (C=O) groups excluding carboxylic acids is 2. The lowest BCUT2D eigenvalue weighted by atomic mass is 10.00. The molecule has 0 unspecified atom stereocenters. The van der Waals surface area contributed by atoms with Crippen molar-refractivity contribution in [2.24, 2.45) is 5.73 Å². The molecule has 2 fully saturated rings. The zero-order chi connectivity index (χ0) is 17.1. The number of primary amides is 1. The SMILES string of the molecule is N#Cc1ccc(N2CCC[C@H](N3CCSC[C@H]3C(N)=O)C2=O)cc1. The normalized spacial score (nSPS) is 25.3. The van der Waals surface area contributed by atoms with Gasteiger partial charge in [0.05, 0.1) is 23.7 Å². The molecule has 1 aromatic rings. The van der Waals surface area contributed by atoms with E-state index in [1.54, 1.807) is 40.9 Å². The summed E-state index contributed by atoms with van der Waals surface area (Å²) in [6, 6.07) is 8.45. The lowest BCUT2D eigenvalue weighted by molar-refractivity contribution is -0.130. The van der Waals surface area contributed by atoms with Crippen LogP contribution in [0, 0.1) is 11.3 Å². The number of piperidine rings is 1. The van der Waals surface area contributed by atoms with Gasteiger partial charge >= 0.3 is 0 Å². The molecule has 0 bridgehead atoms. The van der Waals surface area contributed by atoms with E-state index in [0.717, 1.165) is 24.3 Å². The summed E-state index contributed by atoms with van der Waals surface area (Å²) in [5, 5.41) is 8.90. The second-order valence-electron chi connectivity index (χ2n) is 6.04. The first kappa shape index (κ1) is 16.8. The predicted octanol–water partition coefficient (Wildman–Crippen LogP) is 0.956. The van der Waals surface area contributed by atoms with Gasteiger partial charge in [-0.05, 0) is 37.1 Å². The van der Waals surface area contributed by atoms with Crippen molar-refractivity contribution < 1.29 is 9.59 Å². The molecule has 6 nitrogen and oxygen atoms in total. The van der Waals surface area contributed by atoms with Crippen molar-refractivity contribution in [3.8, 4) is 6.07 Å². The monoisotopic (exact) mass is 344 g/mol. The third-order valence-corrected chi connectivity index (χ3v) is 5.64. The predicted molar refractivity (Wildman–Crippen MR) is 93.5 cm³/mol. The average Bonchev–Trinajstić information content (AvgIpc) is 2.62. The molecule has 1 aromatic carbocycles. The molecule has 2 saturated heterocycles. The molecule has 0 aromatic heterocycles. The molecule has 126 valence electrons. The van der Waals surface area contributed by atoms with E-state index in [4.69, 9.17) is 11.0 Å². The first-order valence-electron chi connectivity index (χ1n) is 8.06. The van der Waals surface area contributed by atoms with Gasteiger partial charge in [-0.25, -0.2) is 0 Å². The fraction of sp³-hybridized carbons (Fsp3) is 0.471. The lowest BCUT2D eigenvalue weighted by Crippen LogP contribution is -2.60. The van der Waals surface area contributed by atoms with Gasteiger partial charge in [-0.3, -0.25) is 14.5 Å². The van der Waals surface area contributed by atoms with Gasteiger partial charge in [0.15, 0.2) is 0 Å². The van der Waals surface area contributed by atoms with E-state index in [1.165, 1.54) is 0 Å². The zero-order valence-electron chi connectivity index (χ0n) is 13.4. The van der Waals surface area contributed by atoms with Crippen molar-refractivity contribution in [3.63, 3.8) is 0 Å². The van der Waals surface area contributed by atoms with E-state index in [-0.39, 0.29) is 23.9 Å². The van der Waals surface area contributed by atoms with Crippen LogP contribution in [0.15, 0.2) is 24.3 Å². The number of hydrogen-bond donors (Lipinski definition) is 1. The molecule has 2 aliphatic rings. The molecule has 3 rings (SSSR count). The van der Waals surface area contributed by atoms with Gasteiger partial charge in [-0.1, -0.05) is 0 Å². The second kappa shape index (κ2) is 7.24. The summed E-state index contributed by atoms with van der Waals surface area (Å²) in [4.78, 5) is 28.5. The Morgan fingerprint density at radius 3 is 2.71 bits per heavy atom. The van der Waals surface area contributed by atoms with Gasteiger partial charge in [-0.2, -0.15) is 17.0 Å². The number of amides is 2. The molecule has 0 spiro atoms. The molecule has 0 aliphatic carbocycles. The molecule has 0 saturated carbocycles. The minimum absolute atomic E-state index is 0.0177. The summed E-state index contributed by atoms with van der Waals surface area (Å²) >= 11 is 1.70. The number of benzene rings is 1. The van der Waals surface area contributed by atoms with Crippen LogP contribution in [-0.4, -0.2) is 53.4 Å². The number of rotatable bonds is 3. The number of hydrogen-bond acceptors (Lipinski definition) is 5. The van der Waals surface area contributed by atoms with Crippen molar-refractivity contribution in [1.29, 1.82) is 5.26 Å². The van der Waals surface area contributed by atoms with Crippen LogP contribution in [0.2, 0.25) is 0 Å². The highest BCUT2D eigenvalue weighted by molar-refractivity contribution is 7.99. The van der Waals surface area contributed by atoms with Gasteiger partial charge in [-0.15, -0.1) is 0 Å². The number of carbonyl (C=O) groups is 2. The van der Waals surface area contributed by atoms with Crippen molar-refractivity contribution in [2.45, 2.75) is 24.9 Å². The van der Waals surface area contributed by atoms with Crippen LogP contribution >= 0.6 is 11.8 Å². The van der Waals surface area contributed by atoms with E-state index in [1.807, 2.05) is 4.90 Å². The fourth-order valence-electron chi connectivity index (χ4n) is 3.37. The van der Waals surface area contributed by atoms with Crippen LogP contribution < -0.4 is 10.6 Å². The van der Waals surface area contributed by atoms with Crippen LogP contribution in [0.5, 0.6) is 0 Å². The second-order valence-corrected chi connectivity index (χ2v) is 7.19. The Hall–Kier alpha value is -2.04. The maximum absolute atomic E-state index is 13.0. The van der Waals surface area contributed by atoms with Crippen LogP contribution in [-0.2, 0) is 9.59 Å². The number of nitrogens with zero attached hydrogens (tertiary/aromatic N) is 3. The number of nitriles is 1. The van der Waals surface area contributed by atoms with E-state index in [0.29, 0.717) is 24.4 Å². The Morgan fingerprint density at radius 2 is 2.04 bits per heavy atom. The summed E-state index contributed by atoms with van der Waals surface area (Å²) in [5.74, 6) is 1.22. The molecule has 2 amide bonds. The third kappa shape index (κ3) is 3.25. The molecular formula is C17H20N4O2S. The molecule has 2 aliphatic heterocycles. The van der Waals surface area contributed by atoms with Gasteiger partial charge in [0, 0.05) is 30.3 Å². The molecule has 2 heterocycles. The molecule has 24 heavy (non-hydrogen) atoms. The Bertz CT molecular complexity index is 670. The summed E-state index contributed by atoms with van der Waals surface area (Å²) in [6.07, 6.45) is 1.63. The maximum atomic E-state index is 13.0. The lowest BCUT2D eigenvalue weighted by Gasteiger charge is -2.43. The summed E-state index contributed by atoms with van der Waals surface area (Å²) in [7, 11) is 0. The minimum Gasteiger partial charge on any atom is -0.368 e. The molecule has 0 radical (unpaired) electrons. The van der Waals surface area contributed by atoms with Crippen molar-refractivity contribution in [3.05, 3.63) is 29.8 Å². The molecule has 2 atom stereocenters. The first-order chi connectivity index (χ1) is 11.6. The van der Waals surface area contributed by atoms with E-state index >= 15 is 0 Å². The summed E-state index contributed by atoms with van der Waals surface area (Å²) in [6.45, 7) is 1.36. The largest absolute Gasteiger partial charge is 0.368 e. The number of thioether (sulfide) groups is 1. The molecule has 2 N–H and O–H groups in total. The van der Waals surface area contributed by atoms with Crippen molar-refractivity contribution >= 4 is 29.3 Å². The van der Waals surface area contributed by atoms with Crippen molar-refractivity contribution in [2.75, 3.05) is 29.5 Å². The minimum atomic E-state index is -0.376. The molecular weight excluding hydrogens is 324 g/mol. The quantitative estimate of drug-likeness (QED) is 0.882. The Labute approximate surface area is 145 Å². The highest BCUT2D eigenvalue weighted by Gasteiger charge is 2.40. The van der Waals surface area contributed by atoms with E-state index < -0.39 is 0 Å². The summed E-state index contributed by atoms with van der Waals surface area (Å²) < 4.78 is 0. The zero-order valence-corrected chi connectivity index (χ0v) is 14.2. The smallest absolute Gasteiger partial charge is 0.244 e. The van der Waals surface area contributed by atoms with Gasteiger partial charge in [0.25, 0.3) is 0 Å². The summed E-state index contributed by atoms with van der Waals surface area (Å²) in [5.41, 5.74) is 6.91. The maximum Gasteiger partial charge on any atom is 0.244 e. The number of nitrogens with two attached hydrogens (primary N) is 1. The third-order valence-electron chi connectivity index (χ3n) is 4.62. The van der Waals surface area contributed by atoms with Crippen LogP contribution in [0.1, 0.15) is 18.4 Å². The van der Waals surface area contributed by atoms with Gasteiger partial charge in [0.1, 0.15) is 0 Å². The van der Waals surface area contributed by atoms with E-state index in [2.05, 4.69) is 6.07 Å².